The van der Waals surface area contributed by atoms with E-state index in [0.29, 0.717) is 6.04 Å². The van der Waals surface area contributed by atoms with Crippen molar-refractivity contribution >= 4 is 16.9 Å². The highest BCUT2D eigenvalue weighted by Gasteiger charge is 2.38. The molecule has 25 heavy (non-hydrogen) atoms. The predicted octanol–water partition coefficient (Wildman–Crippen LogP) is 1.48. The van der Waals surface area contributed by atoms with E-state index in [0.717, 1.165) is 43.4 Å². The van der Waals surface area contributed by atoms with E-state index < -0.39 is 0 Å². The van der Waals surface area contributed by atoms with Gasteiger partial charge in [-0.1, -0.05) is 12.1 Å². The number of aromatic nitrogens is 2. The normalized spacial score (nSPS) is 24.3. The van der Waals surface area contributed by atoms with Gasteiger partial charge in [-0.3, -0.25) is 14.2 Å². The van der Waals surface area contributed by atoms with Gasteiger partial charge in [0.25, 0.3) is 5.56 Å². The average Bonchev–Trinajstić information content (AvgIpc) is 3.25. The minimum Gasteiger partial charge on any atom is -0.337 e. The number of hydrogen-bond acceptors (Lipinski definition) is 4. The second kappa shape index (κ2) is 6.59. The van der Waals surface area contributed by atoms with Gasteiger partial charge in [0.15, 0.2) is 0 Å². The van der Waals surface area contributed by atoms with E-state index in [1.54, 1.807) is 4.57 Å². The van der Waals surface area contributed by atoms with Gasteiger partial charge in [-0.2, -0.15) is 0 Å². The number of amides is 1. The van der Waals surface area contributed by atoms with Crippen LogP contribution in [0.15, 0.2) is 35.3 Å². The number of fused-ring (bicyclic) bond motifs is 1. The zero-order valence-corrected chi connectivity index (χ0v) is 14.6. The largest absolute Gasteiger partial charge is 0.337 e. The molecule has 2 atom stereocenters. The van der Waals surface area contributed by atoms with E-state index in [9.17, 15) is 9.59 Å². The van der Waals surface area contributed by atoms with Crippen molar-refractivity contribution in [1.29, 1.82) is 0 Å². The van der Waals surface area contributed by atoms with Gasteiger partial charge in [-0.25, -0.2) is 4.98 Å². The molecule has 2 fully saturated rings. The SMILES string of the molecule is CN1CCCC1C1CCCN1C(=O)Cn1c(=O)cnc2ccccc21. The molecule has 6 nitrogen and oxygen atoms in total. The highest BCUT2D eigenvalue weighted by atomic mass is 16.2. The molecule has 6 heteroatoms. The van der Waals surface area contributed by atoms with E-state index in [4.69, 9.17) is 0 Å². The molecular weight excluding hydrogens is 316 g/mol. The number of hydrogen-bond donors (Lipinski definition) is 0. The number of carbonyl (C=O) groups is 1. The molecule has 2 unspecified atom stereocenters. The number of carbonyl (C=O) groups excluding carboxylic acids is 1. The number of para-hydroxylation sites is 2. The molecule has 0 N–H and O–H groups in total. The van der Waals surface area contributed by atoms with Gasteiger partial charge in [0.05, 0.1) is 17.2 Å². The van der Waals surface area contributed by atoms with E-state index in [1.807, 2.05) is 29.2 Å². The van der Waals surface area contributed by atoms with Gasteiger partial charge in [-0.05, 0) is 51.4 Å². The third-order valence-electron chi connectivity index (χ3n) is 5.69. The predicted molar refractivity (Wildman–Crippen MR) is 96.4 cm³/mol. The van der Waals surface area contributed by atoms with Gasteiger partial charge in [0.1, 0.15) is 6.54 Å². The molecule has 0 radical (unpaired) electrons. The third-order valence-corrected chi connectivity index (χ3v) is 5.69. The Labute approximate surface area is 147 Å². The summed E-state index contributed by atoms with van der Waals surface area (Å²) < 4.78 is 1.55. The van der Waals surface area contributed by atoms with Crippen molar-refractivity contribution in [2.24, 2.45) is 0 Å². The van der Waals surface area contributed by atoms with Crippen molar-refractivity contribution in [3.05, 3.63) is 40.8 Å². The average molecular weight is 340 g/mol. The maximum Gasteiger partial charge on any atom is 0.269 e. The molecule has 2 aliphatic rings. The van der Waals surface area contributed by atoms with Crippen LogP contribution < -0.4 is 5.56 Å². The maximum atomic E-state index is 13.0. The van der Waals surface area contributed by atoms with Crippen molar-refractivity contribution in [3.63, 3.8) is 0 Å². The Morgan fingerprint density at radius 2 is 1.92 bits per heavy atom. The van der Waals surface area contributed by atoms with Crippen LogP contribution in [0.3, 0.4) is 0 Å². The molecule has 0 bridgehead atoms. The van der Waals surface area contributed by atoms with E-state index in [2.05, 4.69) is 16.9 Å². The van der Waals surface area contributed by atoms with Crippen LogP contribution in [0, 0.1) is 0 Å². The topological polar surface area (TPSA) is 58.4 Å². The summed E-state index contributed by atoms with van der Waals surface area (Å²) >= 11 is 0. The lowest BCUT2D eigenvalue weighted by molar-refractivity contribution is -0.133. The maximum absolute atomic E-state index is 13.0. The first kappa shape index (κ1) is 16.3. The molecular formula is C19H24N4O2. The molecule has 2 aliphatic heterocycles. The molecule has 0 aliphatic carbocycles. The lowest BCUT2D eigenvalue weighted by Gasteiger charge is -2.33. The minimum absolute atomic E-state index is 0.0428. The molecule has 2 aromatic rings. The van der Waals surface area contributed by atoms with Crippen LogP contribution in [-0.2, 0) is 11.3 Å². The Morgan fingerprint density at radius 1 is 1.16 bits per heavy atom. The van der Waals surface area contributed by atoms with E-state index >= 15 is 0 Å². The summed E-state index contributed by atoms with van der Waals surface area (Å²) in [5.74, 6) is 0.0428. The fourth-order valence-electron chi connectivity index (χ4n) is 4.43. The standard InChI is InChI=1S/C19H24N4O2/c1-21-10-4-8-16(21)17-9-5-11-22(17)19(25)13-23-15-7-3-2-6-14(15)20-12-18(23)24/h2-3,6-7,12,16-17H,4-5,8-11,13H2,1H3. The molecule has 132 valence electrons. The summed E-state index contributed by atoms with van der Waals surface area (Å²) in [6.45, 7) is 2.00. The van der Waals surface area contributed by atoms with Gasteiger partial charge in [0, 0.05) is 18.6 Å². The zero-order chi connectivity index (χ0) is 17.4. The summed E-state index contributed by atoms with van der Waals surface area (Å²) in [4.78, 5) is 33.9. The summed E-state index contributed by atoms with van der Waals surface area (Å²) in [5, 5.41) is 0. The fraction of sp³-hybridized carbons (Fsp3) is 0.526. The van der Waals surface area contributed by atoms with Crippen molar-refractivity contribution in [3.8, 4) is 0 Å². The molecule has 2 saturated heterocycles. The number of nitrogens with zero attached hydrogens (tertiary/aromatic N) is 4. The van der Waals surface area contributed by atoms with E-state index in [1.165, 1.54) is 12.6 Å². The second-order valence-corrected chi connectivity index (χ2v) is 7.16. The molecule has 1 amide bonds. The Morgan fingerprint density at radius 3 is 2.72 bits per heavy atom. The summed E-state index contributed by atoms with van der Waals surface area (Å²) in [7, 11) is 2.15. The van der Waals surface area contributed by atoms with Crippen LogP contribution in [0.5, 0.6) is 0 Å². The lowest BCUT2D eigenvalue weighted by atomic mass is 10.0. The minimum atomic E-state index is -0.221. The third kappa shape index (κ3) is 2.95. The van der Waals surface area contributed by atoms with Crippen LogP contribution in [0.2, 0.25) is 0 Å². The van der Waals surface area contributed by atoms with E-state index in [-0.39, 0.29) is 24.1 Å². The molecule has 1 aromatic heterocycles. The van der Waals surface area contributed by atoms with Crippen molar-refractivity contribution in [2.75, 3.05) is 20.1 Å². The highest BCUT2D eigenvalue weighted by molar-refractivity contribution is 5.80. The number of likely N-dealkylation sites (N-methyl/N-ethyl adjacent to an activating group) is 1. The zero-order valence-electron chi connectivity index (χ0n) is 14.6. The van der Waals surface area contributed by atoms with Crippen LogP contribution in [0.25, 0.3) is 11.0 Å². The molecule has 4 rings (SSSR count). The number of likely N-dealkylation sites (tertiary alicyclic amines) is 2. The van der Waals surface area contributed by atoms with Gasteiger partial charge in [-0.15, -0.1) is 0 Å². The molecule has 0 saturated carbocycles. The van der Waals surface area contributed by atoms with Crippen molar-refractivity contribution in [2.45, 2.75) is 44.3 Å². The second-order valence-electron chi connectivity index (χ2n) is 7.16. The Bertz CT molecular complexity index is 847. The van der Waals surface area contributed by atoms with Crippen molar-refractivity contribution < 1.29 is 4.79 Å². The molecule has 0 spiro atoms. The quantitative estimate of drug-likeness (QED) is 0.849. The van der Waals surface area contributed by atoms with Crippen LogP contribution in [0.1, 0.15) is 25.7 Å². The first-order valence-corrected chi connectivity index (χ1v) is 9.09. The Kier molecular flexibility index (Phi) is 4.29. The van der Waals surface area contributed by atoms with Crippen LogP contribution in [0.4, 0.5) is 0 Å². The summed E-state index contributed by atoms with van der Waals surface area (Å²) in [5.41, 5.74) is 1.24. The highest BCUT2D eigenvalue weighted by Crippen LogP contribution is 2.29. The smallest absolute Gasteiger partial charge is 0.269 e. The molecule has 1 aromatic carbocycles. The van der Waals surface area contributed by atoms with Gasteiger partial charge in [0.2, 0.25) is 5.91 Å². The lowest BCUT2D eigenvalue weighted by Crippen LogP contribution is -2.48. The monoisotopic (exact) mass is 340 g/mol. The first-order valence-electron chi connectivity index (χ1n) is 9.09. The molecule has 3 heterocycles. The van der Waals surface area contributed by atoms with Crippen LogP contribution >= 0.6 is 0 Å². The first-order chi connectivity index (χ1) is 12.1. The van der Waals surface area contributed by atoms with Gasteiger partial charge < -0.3 is 9.80 Å². The Hall–Kier alpha value is -2.21. The number of rotatable bonds is 3. The van der Waals surface area contributed by atoms with Gasteiger partial charge >= 0.3 is 0 Å². The summed E-state index contributed by atoms with van der Waals surface area (Å²) in [6, 6.07) is 8.21. The number of benzene rings is 1. The van der Waals surface area contributed by atoms with Crippen molar-refractivity contribution in [1.82, 2.24) is 19.4 Å². The summed E-state index contributed by atoms with van der Waals surface area (Å²) in [6.07, 6.45) is 5.78. The van der Waals surface area contributed by atoms with Crippen LogP contribution in [-0.4, -0.2) is 57.5 Å². The Balaban J connectivity index is 1.60. The fourth-order valence-corrected chi connectivity index (χ4v) is 4.43.